The minimum Gasteiger partial charge on any atom is -0.444 e. The average Bonchev–Trinajstić information content (AvgIpc) is 2.96. The monoisotopic (exact) mass is 602 g/mol. The molecule has 1 saturated heterocycles. The van der Waals surface area contributed by atoms with Crippen LogP contribution in [-0.4, -0.2) is 84.2 Å². The maximum atomic E-state index is 15.2. The zero-order valence-corrected chi connectivity index (χ0v) is 26.5. The van der Waals surface area contributed by atoms with Gasteiger partial charge in [-0.05, 0) is 82.0 Å². The van der Waals surface area contributed by atoms with Crippen molar-refractivity contribution in [2.75, 3.05) is 50.4 Å². The highest BCUT2D eigenvalue weighted by atomic mass is 19.1. The lowest BCUT2D eigenvalue weighted by molar-refractivity contribution is 0.0279. The molecule has 2 amide bonds. The number of anilines is 2. The molecule has 0 radical (unpaired) electrons. The quantitative estimate of drug-likeness (QED) is 0.375. The number of nitrogen functional groups attached to an aromatic ring is 1. The number of nitrogens with two attached hydrogens (primary N) is 1. The minimum atomic E-state index is -0.632. The summed E-state index contributed by atoms with van der Waals surface area (Å²) in [6, 6.07) is 15.3. The van der Waals surface area contributed by atoms with Crippen molar-refractivity contribution in [1.29, 1.82) is 0 Å². The van der Waals surface area contributed by atoms with E-state index < -0.39 is 17.6 Å². The molecule has 0 bridgehead atoms. The van der Waals surface area contributed by atoms with Crippen LogP contribution in [0.5, 0.6) is 0 Å². The fourth-order valence-corrected chi connectivity index (χ4v) is 5.87. The summed E-state index contributed by atoms with van der Waals surface area (Å²) in [6.45, 7) is 14.1. The lowest BCUT2D eigenvalue weighted by atomic mass is 9.91. The number of halogens is 1. The van der Waals surface area contributed by atoms with Gasteiger partial charge in [-0.15, -0.1) is 0 Å². The van der Waals surface area contributed by atoms with Crippen LogP contribution in [0.4, 0.5) is 20.7 Å². The van der Waals surface area contributed by atoms with Crippen molar-refractivity contribution in [3.8, 4) is 22.3 Å². The molecular weight excluding hydrogens is 559 g/mol. The van der Waals surface area contributed by atoms with Crippen molar-refractivity contribution in [2.24, 2.45) is 0 Å². The summed E-state index contributed by atoms with van der Waals surface area (Å²) in [7, 11) is 1.65. The van der Waals surface area contributed by atoms with E-state index in [1.165, 1.54) is 4.90 Å². The Bertz CT molecular complexity index is 1530. The lowest BCUT2D eigenvalue weighted by Gasteiger charge is -2.38. The van der Waals surface area contributed by atoms with Crippen molar-refractivity contribution >= 4 is 23.5 Å². The summed E-state index contributed by atoms with van der Waals surface area (Å²) in [5, 5.41) is 2.98. The van der Waals surface area contributed by atoms with Gasteiger partial charge in [0.15, 0.2) is 0 Å². The minimum absolute atomic E-state index is 0.0762. The zero-order valence-electron chi connectivity index (χ0n) is 26.5. The first-order valence-corrected chi connectivity index (χ1v) is 15.2. The number of likely N-dealkylation sites (N-methyl/N-ethyl adjacent to an activating group) is 1. The molecule has 1 unspecified atom stereocenters. The molecule has 0 saturated carbocycles. The molecular formula is C34H43FN6O3. The first-order valence-electron chi connectivity index (χ1n) is 15.2. The van der Waals surface area contributed by atoms with Crippen molar-refractivity contribution in [1.82, 2.24) is 20.1 Å². The molecule has 0 spiro atoms. The van der Waals surface area contributed by atoms with Gasteiger partial charge in [-0.3, -0.25) is 9.69 Å². The second kappa shape index (κ2) is 12.4. The third kappa shape index (κ3) is 6.96. The molecule has 1 atom stereocenters. The first-order chi connectivity index (χ1) is 20.8. The molecule has 3 heterocycles. The van der Waals surface area contributed by atoms with Gasteiger partial charge in [0.2, 0.25) is 5.95 Å². The van der Waals surface area contributed by atoms with E-state index in [0.717, 1.165) is 43.0 Å². The summed E-state index contributed by atoms with van der Waals surface area (Å²) in [6.07, 6.45) is 0.0572. The SMILES string of the molecule is CC(C)N1CCN(c2ccc(-c3cc(-c4ccc5c(c4)CC(CN(C)C(=O)OC(C)(C)C)NC5=O)c(N)nc3F)cc2)CC1. The van der Waals surface area contributed by atoms with Crippen LogP contribution < -0.4 is 16.0 Å². The summed E-state index contributed by atoms with van der Waals surface area (Å²) >= 11 is 0. The van der Waals surface area contributed by atoms with Crippen LogP contribution >= 0.6 is 0 Å². The highest BCUT2D eigenvalue weighted by Gasteiger charge is 2.28. The molecule has 1 fully saturated rings. The second-order valence-corrected chi connectivity index (χ2v) is 13.0. The predicted octanol–water partition coefficient (Wildman–Crippen LogP) is 5.19. The van der Waals surface area contributed by atoms with Gasteiger partial charge in [-0.25, -0.2) is 9.78 Å². The van der Waals surface area contributed by atoms with Crippen LogP contribution in [0.25, 0.3) is 22.3 Å². The van der Waals surface area contributed by atoms with Gasteiger partial charge >= 0.3 is 6.09 Å². The Morgan fingerprint density at radius 3 is 2.34 bits per heavy atom. The van der Waals surface area contributed by atoms with E-state index in [-0.39, 0.29) is 24.3 Å². The third-order valence-electron chi connectivity index (χ3n) is 8.26. The zero-order chi connectivity index (χ0) is 31.8. The van der Waals surface area contributed by atoms with E-state index in [0.29, 0.717) is 34.7 Å². The Labute approximate surface area is 259 Å². The van der Waals surface area contributed by atoms with Crippen LogP contribution in [0.2, 0.25) is 0 Å². The smallest absolute Gasteiger partial charge is 0.410 e. The molecule has 3 N–H and O–H groups in total. The van der Waals surface area contributed by atoms with Gasteiger partial charge in [0.25, 0.3) is 5.91 Å². The Morgan fingerprint density at radius 1 is 1.05 bits per heavy atom. The maximum absolute atomic E-state index is 15.2. The number of nitrogens with zero attached hydrogens (tertiary/aromatic N) is 4. The van der Waals surface area contributed by atoms with Crippen molar-refractivity contribution in [3.63, 3.8) is 0 Å². The van der Waals surface area contributed by atoms with Gasteiger partial charge in [-0.2, -0.15) is 4.39 Å². The second-order valence-electron chi connectivity index (χ2n) is 13.0. The molecule has 9 nitrogen and oxygen atoms in total. The molecule has 2 aliphatic rings. The summed E-state index contributed by atoms with van der Waals surface area (Å²) < 4.78 is 20.6. The normalized spacial score (nSPS) is 17.3. The number of piperazine rings is 1. The Kier molecular flexibility index (Phi) is 8.83. The van der Waals surface area contributed by atoms with E-state index in [1.807, 2.05) is 51.1 Å². The molecule has 44 heavy (non-hydrogen) atoms. The van der Waals surface area contributed by atoms with Gasteiger partial charge < -0.3 is 25.6 Å². The molecule has 2 aliphatic heterocycles. The number of aromatic nitrogens is 1. The number of fused-ring (bicyclic) bond motifs is 1. The highest BCUT2D eigenvalue weighted by molar-refractivity contribution is 5.98. The molecule has 0 aliphatic carbocycles. The number of ether oxygens (including phenoxy) is 1. The van der Waals surface area contributed by atoms with E-state index in [4.69, 9.17) is 10.5 Å². The lowest BCUT2D eigenvalue weighted by Crippen LogP contribution is -2.49. The van der Waals surface area contributed by atoms with E-state index in [1.54, 1.807) is 25.2 Å². The maximum Gasteiger partial charge on any atom is 0.410 e. The van der Waals surface area contributed by atoms with Crippen molar-refractivity contribution in [3.05, 3.63) is 65.6 Å². The van der Waals surface area contributed by atoms with Crippen LogP contribution in [0.15, 0.2) is 48.5 Å². The van der Waals surface area contributed by atoms with Crippen LogP contribution in [-0.2, 0) is 11.2 Å². The number of hydrogen-bond donors (Lipinski definition) is 2. The Balaban J connectivity index is 1.35. The summed E-state index contributed by atoms with van der Waals surface area (Å²) in [4.78, 5) is 35.7. The number of carbonyl (C=O) groups is 2. The number of nitrogens with one attached hydrogen (secondary N) is 1. The largest absolute Gasteiger partial charge is 0.444 e. The highest BCUT2D eigenvalue weighted by Crippen LogP contribution is 2.34. The molecule has 5 rings (SSSR count). The first kappa shape index (κ1) is 31.3. The molecule has 2 aromatic carbocycles. The number of rotatable bonds is 6. The third-order valence-corrected chi connectivity index (χ3v) is 8.26. The molecule has 234 valence electrons. The van der Waals surface area contributed by atoms with Gasteiger partial charge in [0.1, 0.15) is 11.4 Å². The fraction of sp³-hybridized carbons (Fsp3) is 0.441. The van der Waals surface area contributed by atoms with Gasteiger partial charge in [0.05, 0.1) is 6.04 Å². The number of amides is 2. The van der Waals surface area contributed by atoms with E-state index in [2.05, 4.69) is 33.9 Å². The van der Waals surface area contributed by atoms with Crippen molar-refractivity contribution in [2.45, 2.75) is 58.7 Å². The molecule has 3 aromatic rings. The Hall–Kier alpha value is -4.18. The fourth-order valence-electron chi connectivity index (χ4n) is 5.87. The number of pyridine rings is 1. The number of hydrogen-bond acceptors (Lipinski definition) is 7. The standard InChI is InChI=1S/C34H43FN6O3/c1-21(2)40-13-15-41(16-14-40)26-10-7-22(8-11-26)28-19-29(31(36)38-30(28)35)23-9-12-27-24(17-23)18-25(37-32(27)42)20-39(6)33(43)44-34(3,4)5/h7-12,17,19,21,25H,13-16,18,20H2,1-6H3,(H2,36,38)(H,37,42). The average molecular weight is 603 g/mol. The Morgan fingerprint density at radius 2 is 1.70 bits per heavy atom. The summed E-state index contributed by atoms with van der Waals surface area (Å²) in [5.41, 5.74) is 10.5. The van der Waals surface area contributed by atoms with Gasteiger partial charge in [0, 0.05) is 68.2 Å². The van der Waals surface area contributed by atoms with E-state index >= 15 is 4.39 Å². The van der Waals surface area contributed by atoms with Crippen LogP contribution in [0.3, 0.4) is 0 Å². The number of benzene rings is 2. The summed E-state index contributed by atoms with van der Waals surface area (Å²) in [5.74, 6) is -0.767. The topological polar surface area (TPSA) is 104 Å². The van der Waals surface area contributed by atoms with Gasteiger partial charge in [-0.1, -0.05) is 24.3 Å². The van der Waals surface area contributed by atoms with Crippen LogP contribution in [0, 0.1) is 5.95 Å². The molecule has 1 aromatic heterocycles. The van der Waals surface area contributed by atoms with Crippen molar-refractivity contribution < 1.29 is 18.7 Å². The number of carbonyl (C=O) groups excluding carboxylic acids is 2. The van der Waals surface area contributed by atoms with E-state index in [9.17, 15) is 9.59 Å². The molecule has 10 heteroatoms. The van der Waals surface area contributed by atoms with Crippen LogP contribution in [0.1, 0.15) is 50.5 Å². The predicted molar refractivity (Wildman–Crippen MR) is 172 cm³/mol.